The smallest absolute Gasteiger partial charge is 0.231 e. The number of benzene rings is 1. The number of rotatable bonds is 2. The van der Waals surface area contributed by atoms with Crippen LogP contribution in [0.15, 0.2) is 18.2 Å². The lowest BCUT2D eigenvalue weighted by Crippen LogP contribution is -2.08. The van der Waals surface area contributed by atoms with Crippen LogP contribution in [0.1, 0.15) is 28.8 Å². The molecule has 0 fully saturated rings. The number of amides is 1. The van der Waals surface area contributed by atoms with Crippen LogP contribution in [0.4, 0.5) is 5.69 Å². The molecule has 0 aromatic heterocycles. The highest BCUT2D eigenvalue weighted by Gasteiger charge is 2.26. The van der Waals surface area contributed by atoms with E-state index in [1.807, 2.05) is 0 Å². The van der Waals surface area contributed by atoms with Crippen LogP contribution in [0, 0.1) is 0 Å². The topological polar surface area (TPSA) is 66.4 Å². The zero-order valence-corrected chi connectivity index (χ0v) is 8.28. The SMILES string of the molecule is CC1C(=O)Nc2ccc(C(=O)CO)cc21. The number of nitrogens with one attached hydrogen (secondary N) is 1. The lowest BCUT2D eigenvalue weighted by Gasteiger charge is -2.03. The van der Waals surface area contributed by atoms with Crippen molar-refractivity contribution in [3.8, 4) is 0 Å². The molecule has 4 nitrogen and oxygen atoms in total. The second-order valence-corrected chi connectivity index (χ2v) is 3.59. The fourth-order valence-electron chi connectivity index (χ4n) is 1.68. The van der Waals surface area contributed by atoms with Crippen molar-refractivity contribution in [3.63, 3.8) is 0 Å². The summed E-state index contributed by atoms with van der Waals surface area (Å²) in [6, 6.07) is 4.96. The molecule has 78 valence electrons. The first-order valence-corrected chi connectivity index (χ1v) is 4.72. The summed E-state index contributed by atoms with van der Waals surface area (Å²) in [6.45, 7) is 1.28. The van der Waals surface area contributed by atoms with E-state index < -0.39 is 6.61 Å². The molecule has 1 heterocycles. The average Bonchev–Trinajstić information content (AvgIpc) is 2.54. The van der Waals surface area contributed by atoms with Gasteiger partial charge in [-0.25, -0.2) is 0 Å². The van der Waals surface area contributed by atoms with Gasteiger partial charge in [0.25, 0.3) is 0 Å². The minimum absolute atomic E-state index is 0.0569. The minimum atomic E-state index is -0.505. The van der Waals surface area contributed by atoms with Gasteiger partial charge in [0.15, 0.2) is 5.78 Å². The van der Waals surface area contributed by atoms with Crippen molar-refractivity contribution in [1.82, 2.24) is 0 Å². The quantitative estimate of drug-likeness (QED) is 0.705. The number of Topliss-reactive ketones (excluding diaryl/α,β-unsaturated/α-hetero) is 1. The summed E-state index contributed by atoms with van der Waals surface area (Å²) in [5, 5.41) is 11.4. The molecular weight excluding hydrogens is 194 g/mol. The van der Waals surface area contributed by atoms with Gasteiger partial charge in [0.05, 0.1) is 5.92 Å². The Labute approximate surface area is 86.9 Å². The molecule has 1 unspecified atom stereocenters. The van der Waals surface area contributed by atoms with E-state index in [2.05, 4.69) is 5.32 Å². The summed E-state index contributed by atoms with van der Waals surface area (Å²) in [4.78, 5) is 22.6. The maximum Gasteiger partial charge on any atom is 0.231 e. The number of fused-ring (bicyclic) bond motifs is 1. The number of aliphatic hydroxyl groups is 1. The molecule has 1 aliphatic rings. The van der Waals surface area contributed by atoms with Gasteiger partial charge in [-0.3, -0.25) is 9.59 Å². The van der Waals surface area contributed by atoms with Crippen molar-refractivity contribution in [3.05, 3.63) is 29.3 Å². The Kier molecular flexibility index (Phi) is 2.28. The number of carbonyl (C=O) groups is 2. The monoisotopic (exact) mass is 205 g/mol. The number of anilines is 1. The molecule has 1 aromatic carbocycles. The summed E-state index contributed by atoms with van der Waals surface area (Å²) in [6.07, 6.45) is 0. The number of carbonyl (C=O) groups excluding carboxylic acids is 2. The molecule has 1 aliphatic heterocycles. The Morgan fingerprint density at radius 3 is 2.93 bits per heavy atom. The molecule has 1 amide bonds. The van der Waals surface area contributed by atoms with Crippen molar-refractivity contribution in [2.24, 2.45) is 0 Å². The Hall–Kier alpha value is -1.68. The van der Waals surface area contributed by atoms with Crippen molar-refractivity contribution in [2.75, 3.05) is 11.9 Å². The normalized spacial score (nSPS) is 18.5. The van der Waals surface area contributed by atoms with E-state index >= 15 is 0 Å². The van der Waals surface area contributed by atoms with Crippen LogP contribution in [-0.2, 0) is 4.79 Å². The molecule has 4 heteroatoms. The van der Waals surface area contributed by atoms with Crippen LogP contribution in [0.3, 0.4) is 0 Å². The van der Waals surface area contributed by atoms with Gasteiger partial charge in [-0.1, -0.05) is 0 Å². The Bertz CT molecular complexity index is 439. The van der Waals surface area contributed by atoms with Gasteiger partial charge in [-0.15, -0.1) is 0 Å². The van der Waals surface area contributed by atoms with Crippen molar-refractivity contribution < 1.29 is 14.7 Å². The molecule has 1 atom stereocenters. The second kappa shape index (κ2) is 3.47. The standard InChI is InChI=1S/C11H11NO3/c1-6-8-4-7(10(14)5-13)2-3-9(8)12-11(6)15/h2-4,6,13H,5H2,1H3,(H,12,15). The van der Waals surface area contributed by atoms with E-state index in [1.165, 1.54) is 0 Å². The molecule has 2 N–H and O–H groups in total. The number of aliphatic hydroxyl groups excluding tert-OH is 1. The molecule has 0 radical (unpaired) electrons. The highest BCUT2D eigenvalue weighted by atomic mass is 16.3. The molecule has 0 aliphatic carbocycles. The molecular formula is C11H11NO3. The van der Waals surface area contributed by atoms with Gasteiger partial charge < -0.3 is 10.4 Å². The molecule has 1 aromatic rings. The second-order valence-electron chi connectivity index (χ2n) is 3.59. The Morgan fingerprint density at radius 1 is 1.53 bits per heavy atom. The summed E-state index contributed by atoms with van der Waals surface area (Å²) in [5.74, 6) is -0.616. The predicted octanol–water partition coefficient (Wildman–Crippen LogP) is 0.917. The van der Waals surface area contributed by atoms with Crippen LogP contribution in [-0.4, -0.2) is 23.4 Å². The minimum Gasteiger partial charge on any atom is -0.388 e. The molecule has 0 bridgehead atoms. The van der Waals surface area contributed by atoms with Crippen LogP contribution >= 0.6 is 0 Å². The highest BCUT2D eigenvalue weighted by Crippen LogP contribution is 2.32. The summed E-state index contributed by atoms with van der Waals surface area (Å²) in [5.41, 5.74) is 2.01. The fourth-order valence-corrected chi connectivity index (χ4v) is 1.68. The Morgan fingerprint density at radius 2 is 2.27 bits per heavy atom. The van der Waals surface area contributed by atoms with Crippen LogP contribution in [0.5, 0.6) is 0 Å². The molecule has 0 saturated heterocycles. The molecule has 0 saturated carbocycles. The first kappa shape index (κ1) is 9.86. The zero-order chi connectivity index (χ0) is 11.0. The van der Waals surface area contributed by atoms with Gasteiger partial charge in [-0.05, 0) is 30.7 Å². The highest BCUT2D eigenvalue weighted by molar-refractivity contribution is 6.04. The maximum absolute atomic E-state index is 11.3. The van der Waals surface area contributed by atoms with Crippen molar-refractivity contribution in [2.45, 2.75) is 12.8 Å². The summed E-state index contributed by atoms with van der Waals surface area (Å²) < 4.78 is 0. The third-order valence-corrected chi connectivity index (χ3v) is 2.63. The lowest BCUT2D eigenvalue weighted by atomic mass is 9.99. The van der Waals surface area contributed by atoms with Crippen molar-refractivity contribution >= 4 is 17.4 Å². The van der Waals surface area contributed by atoms with Gasteiger partial charge in [0, 0.05) is 11.3 Å². The van der Waals surface area contributed by atoms with Gasteiger partial charge >= 0.3 is 0 Å². The van der Waals surface area contributed by atoms with E-state index in [0.717, 1.165) is 11.3 Å². The lowest BCUT2D eigenvalue weighted by molar-refractivity contribution is -0.116. The first-order valence-electron chi connectivity index (χ1n) is 4.72. The molecule has 15 heavy (non-hydrogen) atoms. The summed E-state index contributed by atoms with van der Waals surface area (Å²) >= 11 is 0. The van der Waals surface area contributed by atoms with E-state index in [1.54, 1.807) is 25.1 Å². The fraction of sp³-hybridized carbons (Fsp3) is 0.273. The number of ketones is 1. The van der Waals surface area contributed by atoms with Gasteiger partial charge in [0.1, 0.15) is 6.61 Å². The van der Waals surface area contributed by atoms with E-state index in [9.17, 15) is 9.59 Å². The van der Waals surface area contributed by atoms with Crippen molar-refractivity contribution in [1.29, 1.82) is 0 Å². The van der Waals surface area contributed by atoms with Crippen LogP contribution in [0.2, 0.25) is 0 Å². The third-order valence-electron chi connectivity index (χ3n) is 2.63. The molecule has 0 spiro atoms. The number of hydrogen-bond donors (Lipinski definition) is 2. The largest absolute Gasteiger partial charge is 0.388 e. The predicted molar refractivity (Wildman–Crippen MR) is 54.9 cm³/mol. The van der Waals surface area contributed by atoms with Crippen LogP contribution < -0.4 is 5.32 Å². The van der Waals surface area contributed by atoms with E-state index in [0.29, 0.717) is 5.56 Å². The Balaban J connectivity index is 2.44. The number of hydrogen-bond acceptors (Lipinski definition) is 3. The third kappa shape index (κ3) is 1.53. The average molecular weight is 205 g/mol. The first-order chi connectivity index (χ1) is 7.13. The van der Waals surface area contributed by atoms with E-state index in [4.69, 9.17) is 5.11 Å². The zero-order valence-electron chi connectivity index (χ0n) is 8.28. The molecule has 2 rings (SSSR count). The van der Waals surface area contributed by atoms with E-state index in [-0.39, 0.29) is 17.6 Å². The van der Waals surface area contributed by atoms with Gasteiger partial charge in [0.2, 0.25) is 5.91 Å². The summed E-state index contributed by atoms with van der Waals surface area (Å²) in [7, 11) is 0. The van der Waals surface area contributed by atoms with Gasteiger partial charge in [-0.2, -0.15) is 0 Å². The maximum atomic E-state index is 11.3. The van der Waals surface area contributed by atoms with Crippen LogP contribution in [0.25, 0.3) is 0 Å².